The van der Waals surface area contributed by atoms with Gasteiger partial charge in [-0.05, 0) is 39.5 Å². The van der Waals surface area contributed by atoms with Crippen molar-refractivity contribution in [3.8, 4) is 0 Å². The second-order valence-electron chi connectivity index (χ2n) is 5.24. The third-order valence-electron chi connectivity index (χ3n) is 3.80. The maximum Gasteiger partial charge on any atom is 0.233 e. The largest absolute Gasteiger partial charge is 0.409 e. The molecule has 0 aromatic rings. The summed E-state index contributed by atoms with van der Waals surface area (Å²) in [6.07, 6.45) is 4.69. The van der Waals surface area contributed by atoms with Crippen LogP contribution in [0.4, 0.5) is 0 Å². The lowest BCUT2D eigenvalue weighted by atomic mass is 9.93. The van der Waals surface area contributed by atoms with E-state index in [1.807, 2.05) is 11.8 Å². The number of carbonyl (C=O) groups excluding carboxylic acids is 1. The summed E-state index contributed by atoms with van der Waals surface area (Å²) in [6.45, 7) is 6.14. The number of carbonyl (C=O) groups is 1. The molecule has 1 unspecified atom stereocenters. The molecule has 1 saturated heterocycles. The van der Waals surface area contributed by atoms with Crippen LogP contribution in [0.5, 0.6) is 0 Å². The third kappa shape index (κ3) is 3.15. The second-order valence-corrected chi connectivity index (χ2v) is 5.24. The van der Waals surface area contributed by atoms with E-state index >= 15 is 0 Å². The van der Waals surface area contributed by atoms with E-state index in [4.69, 9.17) is 10.9 Å². The van der Waals surface area contributed by atoms with Gasteiger partial charge >= 0.3 is 0 Å². The number of likely N-dealkylation sites (tertiary alicyclic amines) is 1. The molecule has 0 saturated carbocycles. The molecule has 3 atom stereocenters. The molecule has 104 valence electrons. The molecule has 1 fully saturated rings. The zero-order valence-corrected chi connectivity index (χ0v) is 11.6. The van der Waals surface area contributed by atoms with E-state index in [1.54, 1.807) is 0 Å². The number of oxime groups is 1. The molecule has 1 rings (SSSR count). The fourth-order valence-electron chi connectivity index (χ4n) is 2.79. The van der Waals surface area contributed by atoms with Gasteiger partial charge in [0.15, 0.2) is 5.84 Å². The van der Waals surface area contributed by atoms with E-state index in [1.165, 1.54) is 0 Å². The molecule has 0 bridgehead atoms. The normalized spacial score (nSPS) is 27.1. The van der Waals surface area contributed by atoms with Gasteiger partial charge in [0.25, 0.3) is 0 Å². The number of amides is 1. The minimum absolute atomic E-state index is 0.00634. The molecule has 1 heterocycles. The maximum atomic E-state index is 12.6. The zero-order valence-electron chi connectivity index (χ0n) is 11.6. The molecule has 0 aromatic carbocycles. The smallest absolute Gasteiger partial charge is 0.233 e. The van der Waals surface area contributed by atoms with Crippen molar-refractivity contribution >= 4 is 11.7 Å². The summed E-state index contributed by atoms with van der Waals surface area (Å²) in [7, 11) is 0. The number of amidine groups is 1. The molecule has 0 radical (unpaired) electrons. The molecular formula is C13H25N3O2. The molecular weight excluding hydrogens is 230 g/mol. The van der Waals surface area contributed by atoms with Crippen LogP contribution in [0.15, 0.2) is 5.16 Å². The van der Waals surface area contributed by atoms with Crippen LogP contribution in [0.25, 0.3) is 0 Å². The summed E-state index contributed by atoms with van der Waals surface area (Å²) in [5.41, 5.74) is 5.65. The molecule has 3 N–H and O–H groups in total. The van der Waals surface area contributed by atoms with Gasteiger partial charge in [0.1, 0.15) is 0 Å². The lowest BCUT2D eigenvalue weighted by Crippen LogP contribution is -2.52. The van der Waals surface area contributed by atoms with Gasteiger partial charge in [-0.15, -0.1) is 0 Å². The molecule has 1 aliphatic heterocycles. The van der Waals surface area contributed by atoms with Crippen LogP contribution < -0.4 is 5.73 Å². The Bertz CT molecular complexity index is 307. The Balaban J connectivity index is 2.87. The summed E-state index contributed by atoms with van der Waals surface area (Å²) in [6, 6.07) is 0.485. The minimum atomic E-state index is -0.483. The van der Waals surface area contributed by atoms with E-state index in [0.29, 0.717) is 6.42 Å². The topological polar surface area (TPSA) is 78.9 Å². The van der Waals surface area contributed by atoms with Crippen molar-refractivity contribution in [2.75, 3.05) is 0 Å². The van der Waals surface area contributed by atoms with Crippen molar-refractivity contribution < 1.29 is 10.0 Å². The SMILES string of the molecule is CCCC(C(=O)N1[C@H](C)CCC[C@@H]1C)C(N)=NO. The van der Waals surface area contributed by atoms with Gasteiger partial charge in [-0.1, -0.05) is 18.5 Å². The van der Waals surface area contributed by atoms with Gasteiger partial charge in [-0.2, -0.15) is 0 Å². The van der Waals surface area contributed by atoms with Crippen molar-refractivity contribution in [3.05, 3.63) is 0 Å². The van der Waals surface area contributed by atoms with Gasteiger partial charge in [0, 0.05) is 12.1 Å². The number of nitrogens with zero attached hydrogens (tertiary/aromatic N) is 2. The van der Waals surface area contributed by atoms with Gasteiger partial charge in [0.05, 0.1) is 5.92 Å². The number of hydrogen-bond donors (Lipinski definition) is 2. The maximum absolute atomic E-state index is 12.6. The Kier molecular flexibility index (Phi) is 5.44. The lowest BCUT2D eigenvalue weighted by molar-refractivity contribution is -0.139. The van der Waals surface area contributed by atoms with E-state index in [0.717, 1.165) is 25.7 Å². The molecule has 1 aliphatic rings. The van der Waals surface area contributed by atoms with Crippen molar-refractivity contribution in [1.29, 1.82) is 0 Å². The number of nitrogens with two attached hydrogens (primary N) is 1. The average Bonchev–Trinajstić information content (AvgIpc) is 2.34. The first-order valence-corrected chi connectivity index (χ1v) is 6.82. The highest BCUT2D eigenvalue weighted by Crippen LogP contribution is 2.25. The second kappa shape index (κ2) is 6.61. The third-order valence-corrected chi connectivity index (χ3v) is 3.80. The molecule has 0 aliphatic carbocycles. The van der Waals surface area contributed by atoms with Crippen LogP contribution in [0.2, 0.25) is 0 Å². The highest BCUT2D eigenvalue weighted by atomic mass is 16.4. The fourth-order valence-corrected chi connectivity index (χ4v) is 2.79. The summed E-state index contributed by atoms with van der Waals surface area (Å²) in [5, 5.41) is 11.8. The van der Waals surface area contributed by atoms with Gasteiger partial charge < -0.3 is 15.8 Å². The highest BCUT2D eigenvalue weighted by Gasteiger charge is 2.34. The van der Waals surface area contributed by atoms with Crippen LogP contribution in [0, 0.1) is 5.92 Å². The summed E-state index contributed by atoms with van der Waals surface area (Å²) < 4.78 is 0. The summed E-state index contributed by atoms with van der Waals surface area (Å²) in [5.74, 6) is -0.443. The van der Waals surface area contributed by atoms with Crippen molar-refractivity contribution in [2.45, 2.75) is 65.0 Å². The van der Waals surface area contributed by atoms with Crippen LogP contribution in [0.1, 0.15) is 52.9 Å². The Labute approximate surface area is 109 Å². The van der Waals surface area contributed by atoms with Crippen LogP contribution >= 0.6 is 0 Å². The molecule has 0 aromatic heterocycles. The van der Waals surface area contributed by atoms with E-state index in [2.05, 4.69) is 19.0 Å². The van der Waals surface area contributed by atoms with Crippen molar-refractivity contribution in [3.63, 3.8) is 0 Å². The first-order chi connectivity index (χ1) is 8.52. The van der Waals surface area contributed by atoms with E-state index in [-0.39, 0.29) is 23.8 Å². The summed E-state index contributed by atoms with van der Waals surface area (Å²) >= 11 is 0. The van der Waals surface area contributed by atoms with Crippen molar-refractivity contribution in [1.82, 2.24) is 4.90 Å². The number of hydrogen-bond acceptors (Lipinski definition) is 3. The molecule has 0 spiro atoms. The Hall–Kier alpha value is -1.26. The van der Waals surface area contributed by atoms with Crippen LogP contribution in [-0.4, -0.2) is 33.9 Å². The Morgan fingerprint density at radius 3 is 2.44 bits per heavy atom. The number of piperidine rings is 1. The Morgan fingerprint density at radius 1 is 1.44 bits per heavy atom. The minimum Gasteiger partial charge on any atom is -0.409 e. The standard InChI is InChI=1S/C13H25N3O2/c1-4-6-11(12(14)15-18)13(17)16-9(2)7-5-8-10(16)3/h9-11,18H,4-8H2,1-3H3,(H2,14,15)/t9-,10+,11?. The quantitative estimate of drug-likeness (QED) is 0.349. The van der Waals surface area contributed by atoms with E-state index in [9.17, 15) is 4.79 Å². The molecule has 18 heavy (non-hydrogen) atoms. The number of rotatable bonds is 4. The van der Waals surface area contributed by atoms with Gasteiger partial charge in [0.2, 0.25) is 5.91 Å². The summed E-state index contributed by atoms with van der Waals surface area (Å²) in [4.78, 5) is 14.5. The van der Waals surface area contributed by atoms with Gasteiger partial charge in [-0.3, -0.25) is 4.79 Å². The van der Waals surface area contributed by atoms with Crippen LogP contribution in [-0.2, 0) is 4.79 Å². The first kappa shape index (κ1) is 14.8. The molecule has 1 amide bonds. The average molecular weight is 255 g/mol. The van der Waals surface area contributed by atoms with E-state index < -0.39 is 5.92 Å². The monoisotopic (exact) mass is 255 g/mol. The van der Waals surface area contributed by atoms with Crippen molar-refractivity contribution in [2.24, 2.45) is 16.8 Å². The predicted octanol–water partition coefficient (Wildman–Crippen LogP) is 1.94. The fraction of sp³-hybridized carbons (Fsp3) is 0.846. The van der Waals surface area contributed by atoms with Gasteiger partial charge in [-0.25, -0.2) is 0 Å². The zero-order chi connectivity index (χ0) is 13.7. The van der Waals surface area contributed by atoms with Crippen LogP contribution in [0.3, 0.4) is 0 Å². The molecule has 5 heteroatoms. The Morgan fingerprint density at radius 2 is 2.00 bits per heavy atom. The highest BCUT2D eigenvalue weighted by molar-refractivity contribution is 6.02. The predicted molar refractivity (Wildman–Crippen MR) is 71.4 cm³/mol. The lowest BCUT2D eigenvalue weighted by Gasteiger charge is -2.40. The first-order valence-electron chi connectivity index (χ1n) is 6.82. The molecule has 5 nitrogen and oxygen atoms in total.